The largest absolute Gasteiger partial charge is 0.495 e. The van der Waals surface area contributed by atoms with E-state index in [4.69, 9.17) is 4.74 Å². The van der Waals surface area contributed by atoms with E-state index in [1.54, 1.807) is 18.2 Å². The SMILES string of the molecule is COc1ccccc1N(CC(=O)Nc1cccc(F)c1)S(=O)(=O)c1ccc(F)cc1. The molecule has 0 aliphatic carbocycles. The summed E-state index contributed by atoms with van der Waals surface area (Å²) in [5.74, 6) is -1.62. The summed E-state index contributed by atoms with van der Waals surface area (Å²) in [5, 5.41) is 2.47. The lowest BCUT2D eigenvalue weighted by molar-refractivity contribution is -0.114. The van der Waals surface area contributed by atoms with Crippen molar-refractivity contribution in [2.24, 2.45) is 0 Å². The van der Waals surface area contributed by atoms with Gasteiger partial charge in [-0.3, -0.25) is 9.10 Å². The van der Waals surface area contributed by atoms with E-state index in [1.807, 2.05) is 0 Å². The van der Waals surface area contributed by atoms with Crippen molar-refractivity contribution in [2.75, 3.05) is 23.3 Å². The van der Waals surface area contributed by atoms with Gasteiger partial charge in [-0.05, 0) is 54.6 Å². The van der Waals surface area contributed by atoms with Gasteiger partial charge in [0.2, 0.25) is 5.91 Å². The van der Waals surface area contributed by atoms with Gasteiger partial charge in [0, 0.05) is 5.69 Å². The average molecular weight is 432 g/mol. The van der Waals surface area contributed by atoms with Crippen LogP contribution in [0.2, 0.25) is 0 Å². The van der Waals surface area contributed by atoms with Crippen LogP contribution in [-0.2, 0) is 14.8 Å². The molecule has 3 aromatic carbocycles. The first-order valence-corrected chi connectivity index (χ1v) is 10.2. The van der Waals surface area contributed by atoms with Crippen LogP contribution in [-0.4, -0.2) is 28.0 Å². The zero-order chi connectivity index (χ0) is 21.7. The second-order valence-corrected chi connectivity index (χ2v) is 8.06. The van der Waals surface area contributed by atoms with Gasteiger partial charge >= 0.3 is 0 Å². The molecule has 0 atom stereocenters. The molecule has 0 unspecified atom stereocenters. The second kappa shape index (κ2) is 8.91. The number of carbonyl (C=O) groups excluding carboxylic acids is 1. The van der Waals surface area contributed by atoms with Crippen LogP contribution in [0.1, 0.15) is 0 Å². The molecule has 0 saturated carbocycles. The van der Waals surface area contributed by atoms with E-state index in [1.165, 1.54) is 31.4 Å². The average Bonchev–Trinajstić information content (AvgIpc) is 2.72. The molecule has 0 heterocycles. The van der Waals surface area contributed by atoms with Crippen molar-refractivity contribution in [3.05, 3.63) is 84.4 Å². The summed E-state index contributed by atoms with van der Waals surface area (Å²) in [5.41, 5.74) is 0.304. The van der Waals surface area contributed by atoms with Crippen LogP contribution in [0.3, 0.4) is 0 Å². The molecular weight excluding hydrogens is 414 g/mol. The lowest BCUT2D eigenvalue weighted by atomic mass is 10.3. The number of anilines is 2. The molecule has 3 aromatic rings. The predicted molar refractivity (Wildman–Crippen MR) is 109 cm³/mol. The fourth-order valence-electron chi connectivity index (χ4n) is 2.77. The Kier molecular flexibility index (Phi) is 6.31. The highest BCUT2D eigenvalue weighted by Gasteiger charge is 2.29. The molecule has 0 fully saturated rings. The van der Waals surface area contributed by atoms with Gasteiger partial charge in [-0.1, -0.05) is 18.2 Å². The molecule has 3 rings (SSSR count). The van der Waals surface area contributed by atoms with E-state index in [2.05, 4.69) is 5.32 Å². The molecule has 0 radical (unpaired) electrons. The Bertz CT molecular complexity index is 1150. The highest BCUT2D eigenvalue weighted by molar-refractivity contribution is 7.92. The van der Waals surface area contributed by atoms with Gasteiger partial charge in [0.1, 0.15) is 23.9 Å². The topological polar surface area (TPSA) is 75.7 Å². The zero-order valence-electron chi connectivity index (χ0n) is 15.9. The number of methoxy groups -OCH3 is 1. The van der Waals surface area contributed by atoms with Crippen molar-refractivity contribution in [2.45, 2.75) is 4.90 Å². The van der Waals surface area contributed by atoms with Crippen molar-refractivity contribution in [1.82, 2.24) is 0 Å². The summed E-state index contributed by atoms with van der Waals surface area (Å²) in [6.45, 7) is -0.614. The Balaban J connectivity index is 1.99. The highest BCUT2D eigenvalue weighted by atomic mass is 32.2. The van der Waals surface area contributed by atoms with Crippen molar-refractivity contribution < 1.29 is 26.7 Å². The smallest absolute Gasteiger partial charge is 0.264 e. The van der Waals surface area contributed by atoms with E-state index in [9.17, 15) is 22.0 Å². The van der Waals surface area contributed by atoms with E-state index < -0.39 is 34.1 Å². The normalized spacial score (nSPS) is 11.0. The van der Waals surface area contributed by atoms with Crippen LogP contribution >= 0.6 is 0 Å². The highest BCUT2D eigenvalue weighted by Crippen LogP contribution is 2.32. The monoisotopic (exact) mass is 432 g/mol. The van der Waals surface area contributed by atoms with E-state index in [0.29, 0.717) is 0 Å². The molecule has 0 bridgehead atoms. The van der Waals surface area contributed by atoms with Crippen molar-refractivity contribution >= 4 is 27.3 Å². The molecule has 1 N–H and O–H groups in total. The van der Waals surface area contributed by atoms with Crippen molar-refractivity contribution in [3.63, 3.8) is 0 Å². The molecule has 0 aromatic heterocycles. The van der Waals surface area contributed by atoms with Gasteiger partial charge in [0.15, 0.2) is 0 Å². The standard InChI is InChI=1S/C21H18F2N2O4S/c1-29-20-8-3-2-7-19(20)25(30(27,28)18-11-9-15(22)10-12-18)14-21(26)24-17-6-4-5-16(23)13-17/h2-13H,14H2,1H3,(H,24,26). The number of hydrogen-bond donors (Lipinski definition) is 1. The van der Waals surface area contributed by atoms with Crippen LogP contribution in [0.4, 0.5) is 20.2 Å². The third-order valence-electron chi connectivity index (χ3n) is 4.15. The third kappa shape index (κ3) is 4.74. The van der Waals surface area contributed by atoms with E-state index in [-0.39, 0.29) is 22.0 Å². The Labute approximate surface area is 172 Å². The minimum atomic E-state index is -4.25. The van der Waals surface area contributed by atoms with Crippen LogP contribution in [0.25, 0.3) is 0 Å². The number of nitrogens with one attached hydrogen (secondary N) is 1. The predicted octanol–water partition coefficient (Wildman–Crippen LogP) is 3.81. The van der Waals surface area contributed by atoms with Crippen LogP contribution in [0, 0.1) is 11.6 Å². The molecule has 30 heavy (non-hydrogen) atoms. The maximum atomic E-state index is 13.4. The quantitative estimate of drug-likeness (QED) is 0.616. The maximum absolute atomic E-state index is 13.4. The zero-order valence-corrected chi connectivity index (χ0v) is 16.7. The Morgan fingerprint density at radius 1 is 0.967 bits per heavy atom. The summed E-state index contributed by atoms with van der Waals surface area (Å²) >= 11 is 0. The Morgan fingerprint density at radius 3 is 2.33 bits per heavy atom. The third-order valence-corrected chi connectivity index (χ3v) is 5.93. The summed E-state index contributed by atoms with van der Waals surface area (Å²) in [4.78, 5) is 12.4. The summed E-state index contributed by atoms with van der Waals surface area (Å²) < 4.78 is 59.3. The number of amides is 1. The molecule has 0 saturated heterocycles. The van der Waals surface area contributed by atoms with E-state index in [0.717, 1.165) is 34.6 Å². The Hall–Kier alpha value is -3.46. The first kappa shape index (κ1) is 21.3. The Morgan fingerprint density at radius 2 is 1.67 bits per heavy atom. The molecule has 0 aliphatic heterocycles. The number of carbonyl (C=O) groups is 1. The first-order valence-electron chi connectivity index (χ1n) is 8.78. The lowest BCUT2D eigenvalue weighted by Crippen LogP contribution is -2.38. The van der Waals surface area contributed by atoms with Crippen molar-refractivity contribution in [1.29, 1.82) is 0 Å². The molecule has 9 heteroatoms. The summed E-state index contributed by atoms with van der Waals surface area (Å²) in [7, 11) is -2.88. The molecule has 156 valence electrons. The number of hydrogen-bond acceptors (Lipinski definition) is 4. The van der Waals surface area contributed by atoms with Gasteiger partial charge in [0.25, 0.3) is 10.0 Å². The number of nitrogens with zero attached hydrogens (tertiary/aromatic N) is 1. The number of sulfonamides is 1. The maximum Gasteiger partial charge on any atom is 0.264 e. The van der Waals surface area contributed by atoms with Crippen LogP contribution in [0.5, 0.6) is 5.75 Å². The number of para-hydroxylation sites is 2. The molecule has 6 nitrogen and oxygen atoms in total. The summed E-state index contributed by atoms with van der Waals surface area (Å²) in [6, 6.07) is 15.7. The molecule has 0 spiro atoms. The van der Waals surface area contributed by atoms with Crippen LogP contribution in [0.15, 0.2) is 77.7 Å². The fourth-order valence-corrected chi connectivity index (χ4v) is 4.20. The number of rotatable bonds is 7. The molecular formula is C21H18F2N2O4S. The second-order valence-electron chi connectivity index (χ2n) is 6.20. The van der Waals surface area contributed by atoms with Gasteiger partial charge in [-0.15, -0.1) is 0 Å². The van der Waals surface area contributed by atoms with Crippen LogP contribution < -0.4 is 14.4 Å². The number of ether oxygens (including phenoxy) is 1. The first-order chi connectivity index (χ1) is 14.3. The van der Waals surface area contributed by atoms with E-state index >= 15 is 0 Å². The van der Waals surface area contributed by atoms with Gasteiger partial charge in [-0.2, -0.15) is 0 Å². The van der Waals surface area contributed by atoms with Gasteiger partial charge in [-0.25, -0.2) is 17.2 Å². The molecule has 0 aliphatic rings. The fraction of sp³-hybridized carbons (Fsp3) is 0.0952. The number of benzene rings is 3. The van der Waals surface area contributed by atoms with Gasteiger partial charge in [0.05, 0.1) is 17.7 Å². The minimum Gasteiger partial charge on any atom is -0.495 e. The van der Waals surface area contributed by atoms with Crippen molar-refractivity contribution in [3.8, 4) is 5.75 Å². The lowest BCUT2D eigenvalue weighted by Gasteiger charge is -2.25. The summed E-state index contributed by atoms with van der Waals surface area (Å²) in [6.07, 6.45) is 0. The minimum absolute atomic E-state index is 0.124. The molecule has 1 amide bonds. The van der Waals surface area contributed by atoms with Gasteiger partial charge < -0.3 is 10.1 Å². The number of halogens is 2.